The number of hydrogen-bond acceptors (Lipinski definition) is 3. The van der Waals surface area contributed by atoms with Crippen LogP contribution in [-0.4, -0.2) is 28.9 Å². The standard InChI is InChI=1S/C22H19F3N2O4/c23-14-9-11(10-15(24)20(14)25)22(31)27-16-4-2-1-3-12(16)21(13-5-6-17(13)27)26-18(28)7-8-19(29)30/h1-4,9-10,13,17,21H,5-8H2,(H,26,28)(H,29,30). The highest BCUT2D eigenvalue weighted by atomic mass is 19.2. The summed E-state index contributed by atoms with van der Waals surface area (Å²) in [5.41, 5.74) is 0.839. The van der Waals surface area contributed by atoms with E-state index in [0.29, 0.717) is 36.2 Å². The van der Waals surface area contributed by atoms with Crippen LogP contribution in [0.4, 0.5) is 18.9 Å². The molecule has 1 heterocycles. The Bertz CT molecular complexity index is 1050. The van der Waals surface area contributed by atoms with Gasteiger partial charge in [0.25, 0.3) is 5.91 Å². The Morgan fingerprint density at radius 1 is 1.03 bits per heavy atom. The highest BCUT2D eigenvalue weighted by Gasteiger charge is 2.49. The summed E-state index contributed by atoms with van der Waals surface area (Å²) in [5, 5.41) is 11.7. The van der Waals surface area contributed by atoms with Crippen LogP contribution in [0.15, 0.2) is 36.4 Å². The van der Waals surface area contributed by atoms with E-state index in [-0.39, 0.29) is 30.4 Å². The average Bonchev–Trinajstić information content (AvgIpc) is 2.71. The molecule has 6 nitrogen and oxygen atoms in total. The molecule has 31 heavy (non-hydrogen) atoms. The van der Waals surface area contributed by atoms with Crippen molar-refractivity contribution < 1.29 is 32.7 Å². The fourth-order valence-electron chi connectivity index (χ4n) is 4.33. The van der Waals surface area contributed by atoms with Gasteiger partial charge in [-0.25, -0.2) is 13.2 Å². The number of halogens is 3. The molecule has 2 N–H and O–H groups in total. The number of anilines is 1. The maximum atomic E-state index is 13.7. The number of para-hydroxylation sites is 1. The zero-order valence-electron chi connectivity index (χ0n) is 16.3. The van der Waals surface area contributed by atoms with Crippen molar-refractivity contribution >= 4 is 23.5 Å². The molecule has 162 valence electrons. The van der Waals surface area contributed by atoms with Crippen molar-refractivity contribution in [3.05, 3.63) is 65.0 Å². The van der Waals surface area contributed by atoms with Gasteiger partial charge in [0, 0.05) is 29.6 Å². The molecule has 0 bridgehead atoms. The van der Waals surface area contributed by atoms with Crippen molar-refractivity contribution in [1.82, 2.24) is 5.32 Å². The Morgan fingerprint density at radius 3 is 2.32 bits per heavy atom. The van der Waals surface area contributed by atoms with Gasteiger partial charge < -0.3 is 15.3 Å². The van der Waals surface area contributed by atoms with Gasteiger partial charge in [-0.1, -0.05) is 18.2 Å². The number of carbonyl (C=O) groups is 3. The number of fused-ring (bicyclic) bond motifs is 2. The van der Waals surface area contributed by atoms with Gasteiger partial charge in [0.15, 0.2) is 17.5 Å². The first-order valence-corrected chi connectivity index (χ1v) is 9.86. The molecule has 1 fully saturated rings. The summed E-state index contributed by atoms with van der Waals surface area (Å²) in [7, 11) is 0. The van der Waals surface area contributed by atoms with E-state index < -0.39 is 41.3 Å². The van der Waals surface area contributed by atoms with Gasteiger partial charge in [0.05, 0.1) is 12.5 Å². The predicted octanol–water partition coefficient (Wildman–Crippen LogP) is 3.57. The molecule has 9 heteroatoms. The molecule has 2 aromatic rings. The van der Waals surface area contributed by atoms with Crippen molar-refractivity contribution in [3.8, 4) is 0 Å². The van der Waals surface area contributed by atoms with Gasteiger partial charge in [0.1, 0.15) is 0 Å². The van der Waals surface area contributed by atoms with Gasteiger partial charge in [0.2, 0.25) is 5.91 Å². The average molecular weight is 432 g/mol. The summed E-state index contributed by atoms with van der Waals surface area (Å²) in [6.07, 6.45) is 0.875. The first-order chi connectivity index (χ1) is 14.8. The van der Waals surface area contributed by atoms with Crippen molar-refractivity contribution in [1.29, 1.82) is 0 Å². The Labute approximate surface area is 175 Å². The largest absolute Gasteiger partial charge is 0.481 e. The van der Waals surface area contributed by atoms with Crippen LogP contribution in [0.3, 0.4) is 0 Å². The first-order valence-electron chi connectivity index (χ1n) is 9.86. The molecule has 1 aliphatic heterocycles. The maximum absolute atomic E-state index is 13.7. The van der Waals surface area contributed by atoms with E-state index in [9.17, 15) is 27.6 Å². The van der Waals surface area contributed by atoms with E-state index in [2.05, 4.69) is 5.32 Å². The number of carboxylic acids is 1. The Balaban J connectivity index is 1.67. The van der Waals surface area contributed by atoms with Crippen LogP contribution in [0.25, 0.3) is 0 Å². The molecule has 0 spiro atoms. The Morgan fingerprint density at radius 2 is 1.71 bits per heavy atom. The maximum Gasteiger partial charge on any atom is 0.303 e. The van der Waals surface area contributed by atoms with Crippen LogP contribution in [0.5, 0.6) is 0 Å². The lowest BCUT2D eigenvalue weighted by atomic mass is 9.68. The summed E-state index contributed by atoms with van der Waals surface area (Å²) in [6, 6.07) is 7.49. The molecule has 1 saturated carbocycles. The van der Waals surface area contributed by atoms with Crippen molar-refractivity contribution in [3.63, 3.8) is 0 Å². The number of amides is 2. The normalized spacial score (nSPS) is 21.5. The molecule has 4 rings (SSSR count). The third-order valence-electron chi connectivity index (χ3n) is 5.91. The van der Waals surface area contributed by atoms with Crippen LogP contribution in [0, 0.1) is 23.4 Å². The highest BCUT2D eigenvalue weighted by Crippen LogP contribution is 2.50. The lowest BCUT2D eigenvalue weighted by Crippen LogP contribution is -2.58. The number of nitrogens with one attached hydrogen (secondary N) is 1. The number of carboxylic acid groups (broad SMARTS) is 1. The molecule has 0 saturated heterocycles. The minimum atomic E-state index is -1.64. The first kappa shape index (κ1) is 20.9. The van der Waals surface area contributed by atoms with E-state index in [1.165, 1.54) is 4.90 Å². The zero-order chi connectivity index (χ0) is 22.3. The van der Waals surface area contributed by atoms with E-state index in [1.54, 1.807) is 24.3 Å². The number of hydrogen-bond donors (Lipinski definition) is 2. The minimum Gasteiger partial charge on any atom is -0.481 e. The highest BCUT2D eigenvalue weighted by molar-refractivity contribution is 6.07. The molecule has 2 aromatic carbocycles. The monoisotopic (exact) mass is 432 g/mol. The van der Waals surface area contributed by atoms with Crippen molar-refractivity contribution in [2.75, 3.05) is 4.90 Å². The Hall–Kier alpha value is -3.36. The number of carbonyl (C=O) groups excluding carboxylic acids is 2. The molecule has 3 atom stereocenters. The summed E-state index contributed by atoms with van der Waals surface area (Å²) in [6.45, 7) is 0. The SMILES string of the molecule is O=C(O)CCC(=O)NC1c2ccccc2N(C(=O)c2cc(F)c(F)c(F)c2)C2CCC12. The molecule has 0 radical (unpaired) electrons. The number of benzene rings is 2. The Kier molecular flexibility index (Phi) is 5.43. The van der Waals surface area contributed by atoms with Gasteiger partial charge >= 0.3 is 5.97 Å². The molecular formula is C22H19F3N2O4. The van der Waals surface area contributed by atoms with Gasteiger partial charge in [-0.3, -0.25) is 14.4 Å². The van der Waals surface area contributed by atoms with Crippen LogP contribution < -0.4 is 10.2 Å². The van der Waals surface area contributed by atoms with Crippen LogP contribution in [0.1, 0.15) is 47.6 Å². The molecule has 2 amide bonds. The van der Waals surface area contributed by atoms with E-state index in [0.717, 1.165) is 0 Å². The smallest absolute Gasteiger partial charge is 0.303 e. The third-order valence-corrected chi connectivity index (χ3v) is 5.91. The second kappa shape index (κ2) is 8.05. The fraction of sp³-hybridized carbons (Fsp3) is 0.318. The molecular weight excluding hydrogens is 413 g/mol. The fourth-order valence-corrected chi connectivity index (χ4v) is 4.33. The molecule has 1 aliphatic carbocycles. The molecule has 3 unspecified atom stereocenters. The second-order valence-electron chi connectivity index (χ2n) is 7.74. The summed E-state index contributed by atoms with van der Waals surface area (Å²) in [4.78, 5) is 37.7. The predicted molar refractivity (Wildman–Crippen MR) is 104 cm³/mol. The van der Waals surface area contributed by atoms with Crippen LogP contribution in [-0.2, 0) is 9.59 Å². The van der Waals surface area contributed by atoms with Crippen LogP contribution >= 0.6 is 0 Å². The van der Waals surface area contributed by atoms with Crippen molar-refractivity contribution in [2.45, 2.75) is 37.8 Å². The number of nitrogens with zero attached hydrogens (tertiary/aromatic N) is 1. The van der Waals surface area contributed by atoms with E-state index in [1.807, 2.05) is 0 Å². The van der Waals surface area contributed by atoms with Gasteiger partial charge in [-0.05, 0) is 36.6 Å². The third kappa shape index (κ3) is 3.75. The van der Waals surface area contributed by atoms with E-state index in [4.69, 9.17) is 5.11 Å². The number of aliphatic carboxylic acids is 1. The summed E-state index contributed by atoms with van der Waals surface area (Å²) in [5.74, 6) is -6.80. The van der Waals surface area contributed by atoms with E-state index >= 15 is 0 Å². The van der Waals surface area contributed by atoms with Crippen LogP contribution in [0.2, 0.25) is 0 Å². The summed E-state index contributed by atoms with van der Waals surface area (Å²) < 4.78 is 40.8. The summed E-state index contributed by atoms with van der Waals surface area (Å²) >= 11 is 0. The number of rotatable bonds is 5. The van der Waals surface area contributed by atoms with Gasteiger partial charge in [-0.2, -0.15) is 0 Å². The zero-order valence-corrected chi connectivity index (χ0v) is 16.3. The molecule has 0 aromatic heterocycles. The second-order valence-corrected chi connectivity index (χ2v) is 7.74. The van der Waals surface area contributed by atoms with Crippen molar-refractivity contribution in [2.24, 2.45) is 5.92 Å². The van der Waals surface area contributed by atoms with Gasteiger partial charge in [-0.15, -0.1) is 0 Å². The lowest BCUT2D eigenvalue weighted by Gasteiger charge is -2.52. The lowest BCUT2D eigenvalue weighted by molar-refractivity contribution is -0.139. The topological polar surface area (TPSA) is 86.7 Å². The molecule has 2 aliphatic rings. The minimum absolute atomic E-state index is 0.136. The quantitative estimate of drug-likeness (QED) is 0.708.